The Labute approximate surface area is 357 Å². The number of rotatable bonds is 10. The predicted octanol–water partition coefficient (Wildman–Crippen LogP) is 6.18. The number of carbonyl (C=O) groups is 5. The number of nitrogens with zero attached hydrogens (tertiary/aromatic N) is 6. The Kier molecular flexibility index (Phi) is 12.5. The average molecular weight is 832 g/mol. The molecule has 3 aliphatic heterocycles. The number of H-pyrrole nitrogens is 1. The number of aryl methyl sites for hydroxylation is 1. The zero-order chi connectivity index (χ0) is 43.6. The van der Waals surface area contributed by atoms with E-state index in [1.54, 1.807) is 28.3 Å². The molecule has 5 heterocycles. The predicted molar refractivity (Wildman–Crippen MR) is 233 cm³/mol. The molecular weight excluding hydrogens is 775 g/mol. The first-order valence-corrected chi connectivity index (χ1v) is 21.2. The van der Waals surface area contributed by atoms with E-state index in [1.165, 1.54) is 14.0 Å². The number of alkyl carbamates (subject to hydrolysis) is 1. The van der Waals surface area contributed by atoms with Crippen LogP contribution in [0, 0.1) is 12.8 Å². The van der Waals surface area contributed by atoms with Crippen LogP contribution in [-0.2, 0) is 19.1 Å². The Morgan fingerprint density at radius 3 is 2.33 bits per heavy atom. The molecule has 0 aliphatic carbocycles. The lowest BCUT2D eigenvalue weighted by Crippen LogP contribution is -2.61. The molecule has 2 aromatic heterocycles. The van der Waals surface area contributed by atoms with E-state index in [2.05, 4.69) is 49.5 Å². The molecule has 3 N–H and O–H groups in total. The van der Waals surface area contributed by atoms with Crippen molar-refractivity contribution in [3.8, 4) is 22.4 Å². The summed E-state index contributed by atoms with van der Waals surface area (Å²) in [6, 6.07) is 16.7. The summed E-state index contributed by atoms with van der Waals surface area (Å²) in [6.07, 6.45) is 5.85. The number of benzene rings is 2. The SMILES string of the molecule is COC(=O)N[C@H](C(=O)N1CCC[C@H]1c1ncc(-c2ccc(-c3ccc(NC(=O)c4ccc(N5CCN(C(=O)[C@]6(C)CCCN6C(C)=O)C[C@H]5C)nc4)cc3C)cc2)[nH]1)C(C)C. The second-order valence-electron chi connectivity index (χ2n) is 17.0. The van der Waals surface area contributed by atoms with Gasteiger partial charge in [-0.1, -0.05) is 44.2 Å². The van der Waals surface area contributed by atoms with Crippen LogP contribution in [-0.4, -0.2) is 117 Å². The number of methoxy groups -OCH3 is 1. The third kappa shape index (κ3) is 8.82. The molecule has 61 heavy (non-hydrogen) atoms. The third-order valence-electron chi connectivity index (χ3n) is 12.5. The number of piperazine rings is 1. The van der Waals surface area contributed by atoms with E-state index in [0.717, 1.165) is 53.0 Å². The van der Waals surface area contributed by atoms with Gasteiger partial charge in [0, 0.05) is 57.6 Å². The molecule has 0 bridgehead atoms. The zero-order valence-electron chi connectivity index (χ0n) is 36.2. The summed E-state index contributed by atoms with van der Waals surface area (Å²) in [6.45, 7) is 14.1. The first-order chi connectivity index (χ1) is 29.2. The van der Waals surface area contributed by atoms with Crippen molar-refractivity contribution in [2.45, 2.75) is 90.9 Å². The Morgan fingerprint density at radius 1 is 0.918 bits per heavy atom. The topological polar surface area (TPSA) is 173 Å². The van der Waals surface area contributed by atoms with Gasteiger partial charge in [-0.3, -0.25) is 19.2 Å². The molecular formula is C46H57N9O6. The quantitative estimate of drug-likeness (QED) is 0.169. The number of aromatic amines is 1. The van der Waals surface area contributed by atoms with Crippen LogP contribution in [0.1, 0.15) is 88.1 Å². The van der Waals surface area contributed by atoms with Crippen LogP contribution in [0.2, 0.25) is 0 Å². The monoisotopic (exact) mass is 831 g/mol. The number of hydrogen-bond donors (Lipinski definition) is 3. The molecule has 15 heteroatoms. The fraction of sp³-hybridized carbons (Fsp3) is 0.457. The molecule has 15 nitrogen and oxygen atoms in total. The normalized spacial score (nSPS) is 20.8. The summed E-state index contributed by atoms with van der Waals surface area (Å²) < 4.78 is 4.76. The molecule has 322 valence electrons. The minimum absolute atomic E-state index is 0.00516. The highest BCUT2D eigenvalue weighted by Gasteiger charge is 2.47. The molecule has 4 atom stereocenters. The molecule has 3 aliphatic rings. The van der Waals surface area contributed by atoms with Crippen molar-refractivity contribution < 1.29 is 28.7 Å². The maximum absolute atomic E-state index is 13.6. The summed E-state index contributed by atoms with van der Waals surface area (Å²) in [5, 5.41) is 5.70. The van der Waals surface area contributed by atoms with E-state index in [1.807, 2.05) is 69.0 Å². The van der Waals surface area contributed by atoms with E-state index in [9.17, 15) is 24.0 Å². The lowest BCUT2D eigenvalue weighted by atomic mass is 9.95. The van der Waals surface area contributed by atoms with E-state index in [4.69, 9.17) is 4.74 Å². The van der Waals surface area contributed by atoms with Gasteiger partial charge in [0.1, 0.15) is 23.2 Å². The highest BCUT2D eigenvalue weighted by atomic mass is 16.5. The third-order valence-corrected chi connectivity index (χ3v) is 12.5. The number of likely N-dealkylation sites (tertiary alicyclic amines) is 2. The van der Waals surface area contributed by atoms with E-state index < -0.39 is 17.7 Å². The Morgan fingerprint density at radius 2 is 1.67 bits per heavy atom. The lowest BCUT2D eigenvalue weighted by Gasteiger charge is -2.44. The lowest BCUT2D eigenvalue weighted by molar-refractivity contribution is -0.150. The fourth-order valence-corrected chi connectivity index (χ4v) is 9.15. The van der Waals surface area contributed by atoms with Crippen molar-refractivity contribution in [3.05, 3.63) is 83.9 Å². The van der Waals surface area contributed by atoms with Gasteiger partial charge in [0.2, 0.25) is 17.7 Å². The van der Waals surface area contributed by atoms with Crippen molar-refractivity contribution in [3.63, 3.8) is 0 Å². The van der Waals surface area contributed by atoms with Gasteiger partial charge in [-0.05, 0) is 98.9 Å². The molecule has 7 rings (SSSR count). The Balaban J connectivity index is 0.945. The van der Waals surface area contributed by atoms with Crippen LogP contribution in [0.15, 0.2) is 67.0 Å². The first kappa shape index (κ1) is 42.9. The molecule has 0 radical (unpaired) electrons. The van der Waals surface area contributed by atoms with Gasteiger partial charge in [-0.25, -0.2) is 14.8 Å². The number of hydrogen-bond acceptors (Lipinski definition) is 9. The second kappa shape index (κ2) is 17.8. The molecule has 0 unspecified atom stereocenters. The number of pyridine rings is 1. The van der Waals surface area contributed by atoms with Gasteiger partial charge in [0.05, 0.1) is 30.6 Å². The van der Waals surface area contributed by atoms with Crippen molar-refractivity contribution in [1.82, 2.24) is 35.0 Å². The summed E-state index contributed by atoms with van der Waals surface area (Å²) in [4.78, 5) is 85.0. The highest BCUT2D eigenvalue weighted by molar-refractivity contribution is 6.04. The smallest absolute Gasteiger partial charge is 0.407 e. The van der Waals surface area contributed by atoms with Gasteiger partial charge in [0.15, 0.2) is 0 Å². The number of aromatic nitrogens is 3. The minimum Gasteiger partial charge on any atom is -0.453 e. The van der Waals surface area contributed by atoms with Crippen LogP contribution >= 0.6 is 0 Å². The second-order valence-corrected chi connectivity index (χ2v) is 17.0. The van der Waals surface area contributed by atoms with Gasteiger partial charge >= 0.3 is 6.09 Å². The van der Waals surface area contributed by atoms with Crippen molar-refractivity contribution in [2.75, 3.05) is 50.1 Å². The molecule has 0 spiro atoms. The van der Waals surface area contributed by atoms with Crippen LogP contribution in [0.25, 0.3) is 22.4 Å². The van der Waals surface area contributed by atoms with Gasteiger partial charge in [-0.2, -0.15) is 0 Å². The number of anilines is 2. The zero-order valence-corrected chi connectivity index (χ0v) is 36.2. The minimum atomic E-state index is -0.796. The summed E-state index contributed by atoms with van der Waals surface area (Å²) in [5.74, 6) is 0.865. The van der Waals surface area contributed by atoms with E-state index in [-0.39, 0.29) is 41.6 Å². The largest absolute Gasteiger partial charge is 0.453 e. The van der Waals surface area contributed by atoms with E-state index >= 15 is 0 Å². The first-order valence-electron chi connectivity index (χ1n) is 21.2. The van der Waals surface area contributed by atoms with E-state index in [0.29, 0.717) is 56.2 Å². The van der Waals surface area contributed by atoms with Crippen molar-refractivity contribution in [1.29, 1.82) is 0 Å². The maximum Gasteiger partial charge on any atom is 0.407 e. The number of ether oxygens (including phenoxy) is 1. The summed E-state index contributed by atoms with van der Waals surface area (Å²) in [7, 11) is 1.29. The number of nitrogens with one attached hydrogen (secondary N) is 3. The van der Waals surface area contributed by atoms with Crippen LogP contribution < -0.4 is 15.5 Å². The van der Waals surface area contributed by atoms with Crippen molar-refractivity contribution >= 4 is 41.2 Å². The van der Waals surface area contributed by atoms with Crippen LogP contribution in [0.5, 0.6) is 0 Å². The Bertz CT molecular complexity index is 2280. The van der Waals surface area contributed by atoms with Gasteiger partial charge in [-0.15, -0.1) is 0 Å². The highest BCUT2D eigenvalue weighted by Crippen LogP contribution is 2.35. The molecule has 0 saturated carbocycles. The summed E-state index contributed by atoms with van der Waals surface area (Å²) >= 11 is 0. The fourth-order valence-electron chi connectivity index (χ4n) is 9.15. The van der Waals surface area contributed by atoms with Crippen molar-refractivity contribution in [2.24, 2.45) is 5.92 Å². The molecule has 3 fully saturated rings. The number of amides is 5. The Hall–Kier alpha value is -6.25. The standard InChI is InChI=1S/C46H57N9O6/c1-28(2)40(51-45(60)61-7)43(58)54-20-8-10-38(54)41-48-26-37(50-41)33-13-11-32(12-14-33)36-17-16-35(24-29(36)3)49-42(57)34-15-18-39(47-25-34)53-23-22-52(27-30(53)4)44(59)46(6)19-9-21-55(46)31(5)56/h11-18,24-26,28,30,38,40H,8-10,19-23,27H2,1-7H3,(H,48,50)(H,49,57)(H,51,60)/t30-,38+,40+,46+/m1/s1. The molecule has 3 saturated heterocycles. The number of imidazole rings is 1. The summed E-state index contributed by atoms with van der Waals surface area (Å²) in [5.41, 5.74) is 5.16. The van der Waals surface area contributed by atoms with Gasteiger partial charge in [0.25, 0.3) is 5.91 Å². The molecule has 5 amide bonds. The molecule has 2 aromatic carbocycles. The van der Waals surface area contributed by atoms with Crippen LogP contribution in [0.3, 0.4) is 0 Å². The van der Waals surface area contributed by atoms with Gasteiger partial charge < -0.3 is 40.0 Å². The average Bonchev–Trinajstić information content (AvgIpc) is 4.03. The van der Waals surface area contributed by atoms with Crippen LogP contribution in [0.4, 0.5) is 16.3 Å². The maximum atomic E-state index is 13.6. The number of carbonyl (C=O) groups excluding carboxylic acids is 5. The molecule has 4 aromatic rings.